The number of nitrogens with zero attached hydrogens (tertiary/aromatic N) is 2. The lowest BCUT2D eigenvalue weighted by atomic mass is 10.0. The monoisotopic (exact) mass is 471 g/mol. The van der Waals surface area contributed by atoms with E-state index in [1.54, 1.807) is 10.6 Å². The smallest absolute Gasteiger partial charge is 0.266 e. The molecule has 0 unspecified atom stereocenters. The predicted molar refractivity (Wildman–Crippen MR) is 141 cm³/mol. The van der Waals surface area contributed by atoms with Crippen LogP contribution in [-0.4, -0.2) is 21.2 Å². The molecule has 0 aliphatic carbocycles. The number of fused-ring (bicyclic) bond motifs is 1. The molecule has 1 heterocycles. The summed E-state index contributed by atoms with van der Waals surface area (Å²) in [5, 5.41) is 4.17. The molecule has 1 N–H and O–H groups in total. The van der Waals surface area contributed by atoms with Crippen molar-refractivity contribution in [2.75, 3.05) is 11.1 Å². The predicted octanol–water partition coefficient (Wildman–Crippen LogP) is 5.86. The molecule has 1 amide bonds. The third-order valence-electron chi connectivity index (χ3n) is 5.95. The minimum absolute atomic E-state index is 0.115. The Bertz CT molecular complexity index is 1400. The van der Waals surface area contributed by atoms with Gasteiger partial charge >= 0.3 is 0 Å². The fraction of sp³-hybridized carbons (Fsp3) is 0.250. The lowest BCUT2D eigenvalue weighted by Gasteiger charge is -2.17. The van der Waals surface area contributed by atoms with Crippen molar-refractivity contribution in [2.24, 2.45) is 0 Å². The molecule has 5 nitrogen and oxygen atoms in total. The molecule has 4 aromatic rings. The minimum Gasteiger partial charge on any atom is -0.325 e. The van der Waals surface area contributed by atoms with E-state index in [0.29, 0.717) is 16.1 Å². The topological polar surface area (TPSA) is 64.0 Å². The second kappa shape index (κ2) is 10.3. The van der Waals surface area contributed by atoms with E-state index in [2.05, 4.69) is 19.2 Å². The maximum Gasteiger partial charge on any atom is 0.266 e. The molecule has 1 aromatic heterocycles. The second-order valence-electron chi connectivity index (χ2n) is 8.34. The summed E-state index contributed by atoms with van der Waals surface area (Å²) in [5.74, 6) is 0.0344. The normalized spacial score (nSPS) is 11.1. The number of rotatable bonds is 7. The molecule has 0 saturated carbocycles. The van der Waals surface area contributed by atoms with Gasteiger partial charge in [-0.2, -0.15) is 0 Å². The summed E-state index contributed by atoms with van der Waals surface area (Å²) in [7, 11) is 0. The van der Waals surface area contributed by atoms with Crippen LogP contribution in [0, 0.1) is 13.8 Å². The number of para-hydroxylation sites is 2. The summed E-state index contributed by atoms with van der Waals surface area (Å²) < 4.78 is 1.64. The van der Waals surface area contributed by atoms with Gasteiger partial charge in [-0.3, -0.25) is 14.2 Å². The molecule has 3 aromatic carbocycles. The number of amides is 1. The number of thioether (sulfide) groups is 1. The van der Waals surface area contributed by atoms with Crippen molar-refractivity contribution in [1.29, 1.82) is 0 Å². The first-order valence-corrected chi connectivity index (χ1v) is 12.5. The van der Waals surface area contributed by atoms with Gasteiger partial charge < -0.3 is 5.32 Å². The third-order valence-corrected chi connectivity index (χ3v) is 6.88. The average Bonchev–Trinajstić information content (AvgIpc) is 2.84. The van der Waals surface area contributed by atoms with Crippen LogP contribution < -0.4 is 10.9 Å². The first-order valence-electron chi connectivity index (χ1n) is 11.6. The highest BCUT2D eigenvalue weighted by Crippen LogP contribution is 2.26. The fourth-order valence-electron chi connectivity index (χ4n) is 4.09. The van der Waals surface area contributed by atoms with E-state index in [1.165, 1.54) is 11.8 Å². The summed E-state index contributed by atoms with van der Waals surface area (Å²) >= 11 is 1.28. The summed E-state index contributed by atoms with van der Waals surface area (Å²) in [6.45, 7) is 8.15. The van der Waals surface area contributed by atoms with Crippen molar-refractivity contribution >= 4 is 34.3 Å². The van der Waals surface area contributed by atoms with Gasteiger partial charge in [0.1, 0.15) is 0 Å². The number of aromatic nitrogens is 2. The van der Waals surface area contributed by atoms with E-state index >= 15 is 0 Å². The third kappa shape index (κ3) is 4.77. The molecular weight excluding hydrogens is 442 g/mol. The zero-order valence-electron chi connectivity index (χ0n) is 20.0. The van der Waals surface area contributed by atoms with E-state index in [0.717, 1.165) is 46.5 Å². The van der Waals surface area contributed by atoms with Gasteiger partial charge in [0, 0.05) is 5.69 Å². The van der Waals surface area contributed by atoms with Crippen LogP contribution in [0.4, 0.5) is 5.69 Å². The Balaban J connectivity index is 1.71. The van der Waals surface area contributed by atoms with E-state index in [-0.39, 0.29) is 17.2 Å². The first kappa shape index (κ1) is 23.8. The number of carbonyl (C=O) groups is 1. The highest BCUT2D eigenvalue weighted by Gasteiger charge is 2.17. The van der Waals surface area contributed by atoms with Crippen LogP contribution in [-0.2, 0) is 17.6 Å². The maximum absolute atomic E-state index is 13.5. The second-order valence-corrected chi connectivity index (χ2v) is 9.28. The van der Waals surface area contributed by atoms with Crippen LogP contribution in [0.5, 0.6) is 0 Å². The molecule has 0 aliphatic rings. The van der Waals surface area contributed by atoms with Crippen molar-refractivity contribution in [3.8, 4) is 5.69 Å². The largest absolute Gasteiger partial charge is 0.325 e. The first-order chi connectivity index (χ1) is 16.4. The fourth-order valence-corrected chi connectivity index (χ4v) is 4.90. The van der Waals surface area contributed by atoms with E-state index in [1.807, 2.05) is 68.4 Å². The Morgan fingerprint density at radius 2 is 1.68 bits per heavy atom. The van der Waals surface area contributed by atoms with E-state index < -0.39 is 0 Å². The molecule has 0 saturated heterocycles. The van der Waals surface area contributed by atoms with Gasteiger partial charge in [0.25, 0.3) is 5.56 Å². The Kier molecular flexibility index (Phi) is 7.17. The number of benzene rings is 3. The zero-order valence-corrected chi connectivity index (χ0v) is 20.8. The molecule has 0 fully saturated rings. The lowest BCUT2D eigenvalue weighted by Crippen LogP contribution is -2.24. The van der Waals surface area contributed by atoms with Crippen molar-refractivity contribution in [1.82, 2.24) is 9.55 Å². The number of hydrogen-bond acceptors (Lipinski definition) is 4. The zero-order chi connectivity index (χ0) is 24.2. The maximum atomic E-state index is 13.5. The SMILES string of the molecule is CCc1cccc(CC)c1NC(=O)CSc1nc2ccccc2c(=O)n1-c1cc(C)ccc1C. The highest BCUT2D eigenvalue weighted by atomic mass is 32.2. The Labute approximate surface area is 204 Å². The van der Waals surface area contributed by atoms with Crippen molar-refractivity contribution < 1.29 is 4.79 Å². The van der Waals surface area contributed by atoms with Crippen LogP contribution in [0.3, 0.4) is 0 Å². The average molecular weight is 472 g/mol. The molecular formula is C28H29N3O2S. The lowest BCUT2D eigenvalue weighted by molar-refractivity contribution is -0.113. The number of aryl methyl sites for hydroxylation is 4. The number of anilines is 1. The molecule has 6 heteroatoms. The summed E-state index contributed by atoms with van der Waals surface area (Å²) in [5.41, 5.74) is 6.45. The number of carbonyl (C=O) groups excluding carboxylic acids is 1. The van der Waals surface area contributed by atoms with Crippen molar-refractivity contribution in [3.63, 3.8) is 0 Å². The van der Waals surface area contributed by atoms with Crippen LogP contribution in [0.15, 0.2) is 70.6 Å². The van der Waals surface area contributed by atoms with Gasteiger partial charge in [-0.25, -0.2) is 4.98 Å². The van der Waals surface area contributed by atoms with Crippen LogP contribution in [0.2, 0.25) is 0 Å². The molecule has 174 valence electrons. The van der Waals surface area contributed by atoms with Crippen molar-refractivity contribution in [2.45, 2.75) is 45.7 Å². The Morgan fingerprint density at radius 3 is 2.38 bits per heavy atom. The van der Waals surface area contributed by atoms with Gasteiger partial charge in [0.15, 0.2) is 5.16 Å². The van der Waals surface area contributed by atoms with Gasteiger partial charge in [-0.05, 0) is 67.1 Å². The molecule has 0 bridgehead atoms. The highest BCUT2D eigenvalue weighted by molar-refractivity contribution is 7.99. The van der Waals surface area contributed by atoms with E-state index in [9.17, 15) is 9.59 Å². The molecule has 0 radical (unpaired) electrons. The molecule has 0 spiro atoms. The van der Waals surface area contributed by atoms with Gasteiger partial charge in [-0.1, -0.05) is 68.1 Å². The summed E-state index contributed by atoms with van der Waals surface area (Å²) in [6, 6.07) is 19.5. The molecule has 4 rings (SSSR count). The van der Waals surface area contributed by atoms with Gasteiger partial charge in [0.05, 0.1) is 22.3 Å². The van der Waals surface area contributed by atoms with Crippen molar-refractivity contribution in [3.05, 3.63) is 93.3 Å². The molecule has 0 atom stereocenters. The van der Waals surface area contributed by atoms with Gasteiger partial charge in [0.2, 0.25) is 5.91 Å². The van der Waals surface area contributed by atoms with Crippen LogP contribution in [0.25, 0.3) is 16.6 Å². The summed E-state index contributed by atoms with van der Waals surface area (Å²) in [6.07, 6.45) is 1.68. The standard InChI is InChI=1S/C28H29N3O2S/c1-5-20-10-9-11-21(6-2)26(20)30-25(32)17-34-28-29-23-13-8-7-12-22(23)27(33)31(28)24-16-18(3)14-15-19(24)4/h7-16H,5-6,17H2,1-4H3,(H,30,32). The summed E-state index contributed by atoms with van der Waals surface area (Å²) in [4.78, 5) is 31.3. The Hall–Kier alpha value is -3.38. The number of hydrogen-bond donors (Lipinski definition) is 1. The minimum atomic E-state index is -0.133. The Morgan fingerprint density at radius 1 is 0.971 bits per heavy atom. The van der Waals surface area contributed by atoms with Crippen LogP contribution in [0.1, 0.15) is 36.1 Å². The van der Waals surface area contributed by atoms with E-state index in [4.69, 9.17) is 4.98 Å². The molecule has 0 aliphatic heterocycles. The van der Waals surface area contributed by atoms with Crippen LogP contribution >= 0.6 is 11.8 Å². The quantitative estimate of drug-likeness (QED) is 0.271. The number of nitrogens with one attached hydrogen (secondary N) is 1. The van der Waals surface area contributed by atoms with Gasteiger partial charge in [-0.15, -0.1) is 0 Å². The molecule has 34 heavy (non-hydrogen) atoms.